The Morgan fingerprint density at radius 3 is 3.07 bits per heavy atom. The lowest BCUT2D eigenvalue weighted by atomic mass is 10.2. The van der Waals surface area contributed by atoms with Crippen molar-refractivity contribution in [3.05, 3.63) is 41.1 Å². The van der Waals surface area contributed by atoms with E-state index in [4.69, 9.17) is 0 Å². The van der Waals surface area contributed by atoms with Gasteiger partial charge in [-0.15, -0.1) is 11.8 Å². The zero-order valence-corrected chi connectivity index (χ0v) is 8.42. The summed E-state index contributed by atoms with van der Waals surface area (Å²) in [5.41, 5.74) is 2.33. The lowest BCUT2D eigenvalue weighted by Gasteiger charge is -1.88. The second kappa shape index (κ2) is 3.18. The smallest absolute Gasteiger partial charge is 0.0432 e. The minimum atomic E-state index is 0.768. The van der Waals surface area contributed by atoms with Gasteiger partial charge in [-0.3, -0.25) is 4.98 Å². The van der Waals surface area contributed by atoms with Gasteiger partial charge in [0, 0.05) is 34.7 Å². The fourth-order valence-electron chi connectivity index (χ4n) is 1.60. The van der Waals surface area contributed by atoms with E-state index in [2.05, 4.69) is 22.2 Å². The van der Waals surface area contributed by atoms with Crippen LogP contribution in [0.4, 0.5) is 0 Å². The van der Waals surface area contributed by atoms with Crippen LogP contribution in [0.1, 0.15) is 12.0 Å². The molecule has 0 radical (unpaired) electrons. The molecule has 0 N–H and O–H groups in total. The maximum Gasteiger partial charge on any atom is 0.0432 e. The molecule has 1 aromatic heterocycles. The first kappa shape index (κ1) is 8.14. The topological polar surface area (TPSA) is 12.9 Å². The Bertz CT molecular complexity index is 438. The Kier molecular flexibility index (Phi) is 1.85. The van der Waals surface area contributed by atoms with Gasteiger partial charge < -0.3 is 0 Å². The number of rotatable bonds is 0. The van der Waals surface area contributed by atoms with Gasteiger partial charge in [0.15, 0.2) is 0 Å². The number of hydrogen-bond donors (Lipinski definition) is 0. The van der Waals surface area contributed by atoms with Gasteiger partial charge in [0.1, 0.15) is 0 Å². The fraction of sp³-hybridized carbons (Fsp3) is 0.250. The highest BCUT2D eigenvalue weighted by atomic mass is 32.2. The SMILES string of the molecule is C(#Cc1cccnc1)C1=CSC2CC12. The molecule has 68 valence electrons. The van der Waals surface area contributed by atoms with Crippen LogP contribution in [0.15, 0.2) is 35.5 Å². The van der Waals surface area contributed by atoms with E-state index in [1.54, 1.807) is 12.4 Å². The minimum absolute atomic E-state index is 0.768. The van der Waals surface area contributed by atoms with Gasteiger partial charge in [-0.05, 0) is 24.0 Å². The van der Waals surface area contributed by atoms with Crippen molar-refractivity contribution >= 4 is 11.8 Å². The van der Waals surface area contributed by atoms with E-state index < -0.39 is 0 Å². The van der Waals surface area contributed by atoms with Gasteiger partial charge in [0.05, 0.1) is 0 Å². The third kappa shape index (κ3) is 1.44. The van der Waals surface area contributed by atoms with Gasteiger partial charge in [-0.25, -0.2) is 0 Å². The summed E-state index contributed by atoms with van der Waals surface area (Å²) in [4.78, 5) is 4.03. The molecule has 0 bridgehead atoms. The van der Waals surface area contributed by atoms with E-state index in [9.17, 15) is 0 Å². The summed E-state index contributed by atoms with van der Waals surface area (Å²) in [5, 5.41) is 3.07. The number of fused-ring (bicyclic) bond motifs is 1. The van der Waals surface area contributed by atoms with E-state index in [1.807, 2.05) is 23.9 Å². The molecule has 1 fully saturated rings. The molecule has 0 saturated heterocycles. The maximum atomic E-state index is 4.03. The Hall–Kier alpha value is -1.20. The molecule has 0 amide bonds. The summed E-state index contributed by atoms with van der Waals surface area (Å²) in [6.45, 7) is 0. The first-order valence-electron chi connectivity index (χ1n) is 4.71. The van der Waals surface area contributed by atoms with Crippen LogP contribution in [0.3, 0.4) is 0 Å². The van der Waals surface area contributed by atoms with Crippen molar-refractivity contribution in [2.24, 2.45) is 5.92 Å². The number of pyridine rings is 1. The van der Waals surface area contributed by atoms with Crippen LogP contribution in [0, 0.1) is 17.8 Å². The van der Waals surface area contributed by atoms with Gasteiger partial charge in [0.2, 0.25) is 0 Å². The molecule has 2 atom stereocenters. The maximum absolute atomic E-state index is 4.03. The molecule has 0 spiro atoms. The van der Waals surface area contributed by atoms with Crippen LogP contribution in [0.5, 0.6) is 0 Å². The molecule has 1 nitrogen and oxygen atoms in total. The summed E-state index contributed by atoms with van der Waals surface area (Å²) < 4.78 is 0. The van der Waals surface area contributed by atoms with Crippen molar-refractivity contribution in [1.29, 1.82) is 0 Å². The van der Waals surface area contributed by atoms with Gasteiger partial charge in [-0.2, -0.15) is 0 Å². The first-order valence-corrected chi connectivity index (χ1v) is 5.65. The second-order valence-corrected chi connectivity index (χ2v) is 4.69. The molecule has 2 aliphatic rings. The summed E-state index contributed by atoms with van der Waals surface area (Å²) in [6.07, 6.45) is 4.91. The molecule has 2 heteroatoms. The average molecular weight is 199 g/mol. The Balaban J connectivity index is 1.81. The standard InChI is InChI=1S/C12H9NS/c1-2-9(7-13-5-1)3-4-10-8-14-12-6-11(10)12/h1-2,5,7-8,11-12H,6H2. The van der Waals surface area contributed by atoms with E-state index in [1.165, 1.54) is 12.0 Å². The Labute approximate surface area is 87.6 Å². The number of thioether (sulfide) groups is 1. The third-order valence-electron chi connectivity index (χ3n) is 2.51. The van der Waals surface area contributed by atoms with Gasteiger partial charge >= 0.3 is 0 Å². The van der Waals surface area contributed by atoms with Crippen molar-refractivity contribution in [3.8, 4) is 11.8 Å². The van der Waals surface area contributed by atoms with E-state index in [-0.39, 0.29) is 0 Å². The van der Waals surface area contributed by atoms with Crippen molar-refractivity contribution in [1.82, 2.24) is 4.98 Å². The zero-order valence-electron chi connectivity index (χ0n) is 7.60. The summed E-state index contributed by atoms with van der Waals surface area (Å²) in [7, 11) is 0. The van der Waals surface area contributed by atoms with Crippen molar-refractivity contribution in [2.45, 2.75) is 11.7 Å². The van der Waals surface area contributed by atoms with Crippen LogP contribution >= 0.6 is 11.8 Å². The normalized spacial score (nSPS) is 27.3. The summed E-state index contributed by atoms with van der Waals surface area (Å²) in [5.74, 6) is 7.16. The second-order valence-electron chi connectivity index (χ2n) is 3.58. The fourth-order valence-corrected chi connectivity index (χ4v) is 2.81. The summed E-state index contributed by atoms with van der Waals surface area (Å²) >= 11 is 1.93. The van der Waals surface area contributed by atoms with Crippen LogP contribution in [-0.2, 0) is 0 Å². The van der Waals surface area contributed by atoms with Crippen LogP contribution in [0.2, 0.25) is 0 Å². The van der Waals surface area contributed by atoms with Gasteiger partial charge in [-0.1, -0.05) is 11.8 Å². The molecule has 2 unspecified atom stereocenters. The molecule has 1 aliphatic carbocycles. The van der Waals surface area contributed by atoms with Crippen molar-refractivity contribution in [3.63, 3.8) is 0 Å². The highest BCUT2D eigenvalue weighted by molar-refractivity contribution is 8.03. The van der Waals surface area contributed by atoms with E-state index in [0.29, 0.717) is 0 Å². The monoisotopic (exact) mass is 199 g/mol. The predicted octanol–water partition coefficient (Wildman–Crippen LogP) is 2.45. The van der Waals surface area contributed by atoms with Crippen LogP contribution in [0.25, 0.3) is 0 Å². The van der Waals surface area contributed by atoms with Gasteiger partial charge in [0.25, 0.3) is 0 Å². The molecule has 1 aliphatic heterocycles. The highest BCUT2D eigenvalue weighted by Crippen LogP contribution is 2.52. The predicted molar refractivity (Wildman–Crippen MR) is 58.7 cm³/mol. The number of nitrogens with zero attached hydrogens (tertiary/aromatic N) is 1. The third-order valence-corrected chi connectivity index (χ3v) is 3.77. The number of hydrogen-bond acceptors (Lipinski definition) is 2. The molecular formula is C12H9NS. The largest absolute Gasteiger partial charge is 0.263 e. The molecule has 2 heterocycles. The minimum Gasteiger partial charge on any atom is -0.263 e. The molecule has 14 heavy (non-hydrogen) atoms. The van der Waals surface area contributed by atoms with E-state index >= 15 is 0 Å². The molecule has 0 aromatic carbocycles. The molecule has 1 aromatic rings. The first-order chi connectivity index (χ1) is 6.93. The van der Waals surface area contributed by atoms with Crippen LogP contribution < -0.4 is 0 Å². The quantitative estimate of drug-likeness (QED) is 0.595. The Morgan fingerprint density at radius 2 is 2.43 bits per heavy atom. The highest BCUT2D eigenvalue weighted by Gasteiger charge is 2.43. The number of aromatic nitrogens is 1. The lowest BCUT2D eigenvalue weighted by molar-refractivity contribution is 1.09. The molecule has 3 rings (SSSR count). The summed E-state index contributed by atoms with van der Waals surface area (Å²) in [6, 6.07) is 3.91. The number of allylic oxidation sites excluding steroid dienone is 1. The Morgan fingerprint density at radius 1 is 1.43 bits per heavy atom. The molecule has 1 saturated carbocycles. The van der Waals surface area contributed by atoms with Crippen LogP contribution in [-0.4, -0.2) is 10.2 Å². The van der Waals surface area contributed by atoms with Crippen molar-refractivity contribution in [2.75, 3.05) is 0 Å². The van der Waals surface area contributed by atoms with E-state index in [0.717, 1.165) is 16.7 Å². The molecular weight excluding hydrogens is 190 g/mol. The van der Waals surface area contributed by atoms with Crippen molar-refractivity contribution < 1.29 is 0 Å². The average Bonchev–Trinajstić information content (AvgIpc) is 2.92. The zero-order chi connectivity index (χ0) is 9.38. The lowest BCUT2D eigenvalue weighted by Crippen LogP contribution is -1.80.